The van der Waals surface area contributed by atoms with Crippen molar-refractivity contribution in [1.82, 2.24) is 4.98 Å². The summed E-state index contributed by atoms with van der Waals surface area (Å²) in [6, 6.07) is 12.4. The highest BCUT2D eigenvalue weighted by Gasteiger charge is 2.22. The molecule has 30 heavy (non-hydrogen) atoms. The molecule has 0 radical (unpaired) electrons. The van der Waals surface area contributed by atoms with Crippen molar-refractivity contribution >= 4 is 16.5 Å². The Morgan fingerprint density at radius 2 is 1.93 bits per heavy atom. The first kappa shape index (κ1) is 20.5. The monoisotopic (exact) mass is 406 g/mol. The summed E-state index contributed by atoms with van der Waals surface area (Å²) >= 11 is 0. The van der Waals surface area contributed by atoms with E-state index in [-0.39, 0.29) is 5.56 Å². The normalized spacial score (nSPS) is 16.4. The number of hydrogen-bond acceptors (Lipinski definition) is 4. The first-order chi connectivity index (χ1) is 14.5. The number of pyridine rings is 1. The Balaban J connectivity index is 1.85. The summed E-state index contributed by atoms with van der Waals surface area (Å²) in [5.41, 5.74) is 4.48. The van der Waals surface area contributed by atoms with Gasteiger partial charge >= 0.3 is 0 Å². The van der Waals surface area contributed by atoms with Crippen LogP contribution in [0.5, 0.6) is 5.75 Å². The van der Waals surface area contributed by atoms with E-state index in [9.17, 15) is 4.79 Å². The molecule has 0 saturated carbocycles. The Labute approximate surface area is 177 Å². The number of hydrogen-bond donors (Lipinski definition) is 1. The van der Waals surface area contributed by atoms with Crippen LogP contribution in [0.2, 0.25) is 0 Å². The van der Waals surface area contributed by atoms with E-state index in [0.29, 0.717) is 12.2 Å². The van der Waals surface area contributed by atoms with Gasteiger partial charge in [0, 0.05) is 42.5 Å². The van der Waals surface area contributed by atoms with Gasteiger partial charge in [-0.2, -0.15) is 0 Å². The fraction of sp³-hybridized carbons (Fsp3) is 0.400. The van der Waals surface area contributed by atoms with Gasteiger partial charge in [-0.1, -0.05) is 19.4 Å². The van der Waals surface area contributed by atoms with Crippen LogP contribution in [0.4, 0.5) is 5.69 Å². The number of fused-ring (bicyclic) bond motifs is 1. The summed E-state index contributed by atoms with van der Waals surface area (Å²) in [5, 5.41) is 2.07. The van der Waals surface area contributed by atoms with Crippen molar-refractivity contribution in [3.63, 3.8) is 0 Å². The number of nitrogens with zero attached hydrogens (tertiary/aromatic N) is 1. The second-order valence-corrected chi connectivity index (χ2v) is 8.17. The summed E-state index contributed by atoms with van der Waals surface area (Å²) in [6.45, 7) is 6.87. The Morgan fingerprint density at radius 1 is 1.10 bits per heavy atom. The molecule has 0 amide bonds. The van der Waals surface area contributed by atoms with Crippen LogP contribution in [-0.2, 0) is 11.3 Å². The lowest BCUT2D eigenvalue weighted by atomic mass is 9.95. The molecule has 1 aliphatic rings. The molecule has 2 heterocycles. The fourth-order valence-electron chi connectivity index (χ4n) is 4.58. The Kier molecular flexibility index (Phi) is 5.82. The van der Waals surface area contributed by atoms with E-state index in [2.05, 4.69) is 35.0 Å². The predicted molar refractivity (Wildman–Crippen MR) is 123 cm³/mol. The van der Waals surface area contributed by atoms with E-state index < -0.39 is 0 Å². The molecule has 1 N–H and O–H groups in total. The SMILES string of the molecule is CCC1CCN(c2ccc3c(-c4ccc(COC)[nH]c4=O)cc(C)c(OC)c3c2)C1. The molecule has 1 aliphatic heterocycles. The van der Waals surface area contributed by atoms with E-state index in [4.69, 9.17) is 9.47 Å². The Hall–Kier alpha value is -2.79. The van der Waals surface area contributed by atoms with Crippen molar-refractivity contribution in [1.29, 1.82) is 0 Å². The molecule has 1 aromatic heterocycles. The van der Waals surface area contributed by atoms with Gasteiger partial charge in [0.05, 0.1) is 13.7 Å². The van der Waals surface area contributed by atoms with Crippen molar-refractivity contribution in [2.45, 2.75) is 33.3 Å². The van der Waals surface area contributed by atoms with Crippen LogP contribution in [0, 0.1) is 12.8 Å². The van der Waals surface area contributed by atoms with Crippen LogP contribution in [0.25, 0.3) is 21.9 Å². The number of rotatable bonds is 6. The summed E-state index contributed by atoms with van der Waals surface area (Å²) in [4.78, 5) is 18.2. The first-order valence-corrected chi connectivity index (χ1v) is 10.6. The van der Waals surface area contributed by atoms with Gasteiger partial charge in [-0.05, 0) is 66.1 Å². The summed E-state index contributed by atoms with van der Waals surface area (Å²) in [6.07, 6.45) is 2.46. The number of methoxy groups -OCH3 is 2. The molecule has 5 nitrogen and oxygen atoms in total. The molecule has 0 aliphatic carbocycles. The lowest BCUT2D eigenvalue weighted by Crippen LogP contribution is -2.19. The molecule has 1 fully saturated rings. The number of anilines is 1. The van der Waals surface area contributed by atoms with Crippen molar-refractivity contribution in [2.75, 3.05) is 32.2 Å². The maximum Gasteiger partial charge on any atom is 0.256 e. The maximum absolute atomic E-state index is 12.8. The zero-order chi connectivity index (χ0) is 21.3. The molecule has 2 aromatic carbocycles. The molecule has 0 spiro atoms. The van der Waals surface area contributed by atoms with E-state index in [0.717, 1.165) is 52.4 Å². The molecule has 3 aromatic rings. The molecule has 1 unspecified atom stereocenters. The highest BCUT2D eigenvalue weighted by atomic mass is 16.5. The van der Waals surface area contributed by atoms with E-state index in [1.165, 1.54) is 18.5 Å². The van der Waals surface area contributed by atoms with Gasteiger partial charge in [0.25, 0.3) is 5.56 Å². The minimum atomic E-state index is -0.107. The molecule has 0 bridgehead atoms. The third-order valence-corrected chi connectivity index (χ3v) is 6.25. The van der Waals surface area contributed by atoms with Crippen molar-refractivity contribution in [3.05, 3.63) is 58.0 Å². The molecule has 4 rings (SSSR count). The summed E-state index contributed by atoms with van der Waals surface area (Å²) in [7, 11) is 3.33. The number of aromatic nitrogens is 1. The van der Waals surface area contributed by atoms with Gasteiger partial charge in [0.2, 0.25) is 0 Å². The van der Waals surface area contributed by atoms with Crippen molar-refractivity contribution in [2.24, 2.45) is 5.92 Å². The van der Waals surface area contributed by atoms with E-state index >= 15 is 0 Å². The second-order valence-electron chi connectivity index (χ2n) is 8.17. The van der Waals surface area contributed by atoms with Gasteiger partial charge in [-0.3, -0.25) is 4.79 Å². The number of nitrogens with one attached hydrogen (secondary N) is 1. The van der Waals surface area contributed by atoms with Gasteiger partial charge < -0.3 is 19.4 Å². The highest BCUT2D eigenvalue weighted by Crippen LogP contribution is 2.39. The van der Waals surface area contributed by atoms with Gasteiger partial charge in [-0.15, -0.1) is 0 Å². The molecule has 5 heteroatoms. The average Bonchev–Trinajstić information content (AvgIpc) is 3.23. The van der Waals surface area contributed by atoms with E-state index in [1.54, 1.807) is 14.2 Å². The molecular weight excluding hydrogens is 376 g/mol. The summed E-state index contributed by atoms with van der Waals surface area (Å²) < 4.78 is 10.9. The highest BCUT2D eigenvalue weighted by molar-refractivity contribution is 6.02. The maximum atomic E-state index is 12.8. The second kappa shape index (κ2) is 8.52. The third kappa shape index (κ3) is 3.70. The van der Waals surface area contributed by atoms with Crippen LogP contribution >= 0.6 is 0 Å². The zero-order valence-corrected chi connectivity index (χ0v) is 18.2. The number of benzene rings is 2. The van der Waals surface area contributed by atoms with Gasteiger partial charge in [0.1, 0.15) is 5.75 Å². The average molecular weight is 407 g/mol. The zero-order valence-electron chi connectivity index (χ0n) is 18.2. The molecule has 158 valence electrons. The molecule has 1 saturated heterocycles. The fourth-order valence-corrected chi connectivity index (χ4v) is 4.58. The van der Waals surface area contributed by atoms with Crippen LogP contribution in [0.1, 0.15) is 31.0 Å². The van der Waals surface area contributed by atoms with Crippen LogP contribution < -0.4 is 15.2 Å². The molecular formula is C25H30N2O3. The quantitative estimate of drug-likeness (QED) is 0.633. The Morgan fingerprint density at radius 3 is 2.60 bits per heavy atom. The van der Waals surface area contributed by atoms with Crippen LogP contribution in [-0.4, -0.2) is 32.3 Å². The van der Waals surface area contributed by atoms with Crippen LogP contribution in [0.15, 0.2) is 41.2 Å². The minimum Gasteiger partial charge on any atom is -0.496 e. The smallest absolute Gasteiger partial charge is 0.256 e. The topological polar surface area (TPSA) is 54.6 Å². The first-order valence-electron chi connectivity index (χ1n) is 10.6. The number of aryl methyl sites for hydroxylation is 1. The lowest BCUT2D eigenvalue weighted by Gasteiger charge is -2.21. The third-order valence-electron chi connectivity index (χ3n) is 6.25. The number of H-pyrrole nitrogens is 1. The largest absolute Gasteiger partial charge is 0.496 e. The van der Waals surface area contributed by atoms with Gasteiger partial charge in [-0.25, -0.2) is 0 Å². The standard InChI is InChI=1S/C25H30N2O3/c1-5-17-10-11-27(14-17)19-7-9-20-22(12-16(2)24(30-4)23(20)13-19)21-8-6-18(15-29-3)26-25(21)28/h6-9,12-13,17H,5,10-11,14-15H2,1-4H3,(H,26,28). The number of aromatic amines is 1. The number of ether oxygens (including phenoxy) is 2. The molecule has 1 atom stereocenters. The summed E-state index contributed by atoms with van der Waals surface area (Å²) in [5.74, 6) is 1.63. The van der Waals surface area contributed by atoms with Gasteiger partial charge in [0.15, 0.2) is 0 Å². The van der Waals surface area contributed by atoms with E-state index in [1.807, 2.05) is 25.1 Å². The predicted octanol–water partition coefficient (Wildman–Crippen LogP) is 4.89. The Bertz CT molecular complexity index is 1120. The lowest BCUT2D eigenvalue weighted by molar-refractivity contribution is 0.181. The minimum absolute atomic E-state index is 0.107. The van der Waals surface area contributed by atoms with Crippen LogP contribution in [0.3, 0.4) is 0 Å². The van der Waals surface area contributed by atoms with Crippen molar-refractivity contribution in [3.8, 4) is 16.9 Å². The van der Waals surface area contributed by atoms with Crippen molar-refractivity contribution < 1.29 is 9.47 Å².